The third kappa shape index (κ3) is 3.93. The van der Waals surface area contributed by atoms with Crippen LogP contribution >= 0.6 is 0 Å². The second-order valence-corrected chi connectivity index (χ2v) is 8.08. The molecule has 0 saturated carbocycles. The molecule has 0 spiro atoms. The van der Waals surface area contributed by atoms with Gasteiger partial charge in [0.2, 0.25) is 5.88 Å². The zero-order chi connectivity index (χ0) is 23.8. The van der Waals surface area contributed by atoms with Gasteiger partial charge in [-0.05, 0) is 30.0 Å². The van der Waals surface area contributed by atoms with Crippen LogP contribution in [0.25, 0.3) is 21.9 Å². The molecular formula is C23H24FN5O5. The third-order valence-corrected chi connectivity index (χ3v) is 6.01. The Morgan fingerprint density at radius 1 is 1.24 bits per heavy atom. The fourth-order valence-corrected chi connectivity index (χ4v) is 4.17. The Morgan fingerprint density at radius 3 is 2.88 bits per heavy atom. The first-order valence-corrected chi connectivity index (χ1v) is 10.8. The average Bonchev–Trinajstić information content (AvgIpc) is 3.29. The largest absolute Gasteiger partial charge is 0.474 e. The van der Waals surface area contributed by atoms with Crippen LogP contribution in [0.3, 0.4) is 0 Å². The van der Waals surface area contributed by atoms with Crippen molar-refractivity contribution in [1.29, 1.82) is 0 Å². The summed E-state index contributed by atoms with van der Waals surface area (Å²) in [6.45, 7) is 3.63. The molecule has 1 amide bonds. The monoisotopic (exact) mass is 469 g/mol. The number of carbonyl (C=O) groups excluding carboxylic acids is 1. The summed E-state index contributed by atoms with van der Waals surface area (Å²) < 4.78 is 36.8. The molecule has 178 valence electrons. The lowest BCUT2D eigenvalue weighted by molar-refractivity contribution is 0.0117. The Kier molecular flexibility index (Phi) is 5.80. The molecule has 0 bridgehead atoms. The number of amides is 1. The Bertz CT molecular complexity index is 1270. The van der Waals surface area contributed by atoms with E-state index in [1.807, 2.05) is 6.92 Å². The fraction of sp³-hybridized carbons (Fsp3) is 0.348. The van der Waals surface area contributed by atoms with Gasteiger partial charge in [-0.1, -0.05) is 0 Å². The Labute approximate surface area is 194 Å². The van der Waals surface area contributed by atoms with Crippen LogP contribution in [0.5, 0.6) is 5.88 Å². The number of hydrogen-bond acceptors (Lipinski definition) is 9. The van der Waals surface area contributed by atoms with Crippen molar-refractivity contribution in [2.75, 3.05) is 49.8 Å². The molecule has 4 N–H and O–H groups in total. The molecule has 0 unspecified atom stereocenters. The van der Waals surface area contributed by atoms with Crippen LogP contribution < -0.4 is 21.1 Å². The summed E-state index contributed by atoms with van der Waals surface area (Å²) in [4.78, 5) is 20.9. The second-order valence-electron chi connectivity index (χ2n) is 8.08. The van der Waals surface area contributed by atoms with Crippen molar-refractivity contribution in [2.24, 2.45) is 0 Å². The molecule has 4 heterocycles. The number of fused-ring (bicyclic) bond motifs is 2. The highest BCUT2D eigenvalue weighted by Gasteiger charge is 2.31. The molecule has 2 aliphatic rings. The van der Waals surface area contributed by atoms with E-state index in [2.05, 4.69) is 20.6 Å². The smallest absolute Gasteiger partial charge is 0.413 e. The predicted molar refractivity (Wildman–Crippen MR) is 124 cm³/mol. The lowest BCUT2D eigenvalue weighted by atomic mass is 9.97. The maximum absolute atomic E-state index is 15.3. The third-order valence-electron chi connectivity index (χ3n) is 6.01. The van der Waals surface area contributed by atoms with Crippen molar-refractivity contribution in [3.63, 3.8) is 0 Å². The normalized spacial score (nSPS) is 19.3. The van der Waals surface area contributed by atoms with Crippen LogP contribution in [0.1, 0.15) is 5.56 Å². The molecule has 34 heavy (non-hydrogen) atoms. The van der Waals surface area contributed by atoms with E-state index in [-0.39, 0.29) is 29.8 Å². The van der Waals surface area contributed by atoms with E-state index < -0.39 is 18.0 Å². The molecule has 10 nitrogen and oxygen atoms in total. The van der Waals surface area contributed by atoms with Gasteiger partial charge in [0, 0.05) is 42.6 Å². The van der Waals surface area contributed by atoms with E-state index >= 15 is 4.39 Å². The van der Waals surface area contributed by atoms with Gasteiger partial charge < -0.3 is 30.0 Å². The van der Waals surface area contributed by atoms with Crippen LogP contribution in [0.2, 0.25) is 0 Å². The average molecular weight is 469 g/mol. The fourth-order valence-electron chi connectivity index (χ4n) is 4.17. The number of hydrogen-bond donors (Lipinski definition) is 3. The van der Waals surface area contributed by atoms with Gasteiger partial charge in [-0.25, -0.2) is 19.2 Å². The first kappa shape index (κ1) is 22.1. The number of methoxy groups -OCH3 is 1. The molecule has 0 aliphatic carbocycles. The van der Waals surface area contributed by atoms with Crippen molar-refractivity contribution in [3.05, 3.63) is 35.9 Å². The Morgan fingerprint density at radius 2 is 2.06 bits per heavy atom. The minimum absolute atomic E-state index is 0.0403. The zero-order valence-electron chi connectivity index (χ0n) is 18.7. The molecule has 3 aromatic rings. The number of nitrogens with two attached hydrogens (primary N) is 1. The van der Waals surface area contributed by atoms with Crippen molar-refractivity contribution < 1.29 is 28.1 Å². The molecule has 1 fully saturated rings. The van der Waals surface area contributed by atoms with E-state index in [1.165, 1.54) is 13.3 Å². The Balaban J connectivity index is 1.46. The molecular weight excluding hydrogens is 445 g/mol. The highest BCUT2D eigenvalue weighted by molar-refractivity contribution is 5.99. The molecule has 2 atom stereocenters. The number of pyridine rings is 2. The first-order chi connectivity index (χ1) is 16.5. The van der Waals surface area contributed by atoms with Crippen molar-refractivity contribution in [3.8, 4) is 17.0 Å². The van der Waals surface area contributed by atoms with Crippen LogP contribution in [-0.2, 0) is 14.2 Å². The number of benzene rings is 1. The van der Waals surface area contributed by atoms with E-state index in [9.17, 15) is 4.79 Å². The van der Waals surface area contributed by atoms with Crippen molar-refractivity contribution in [1.82, 2.24) is 9.97 Å². The van der Waals surface area contributed by atoms with Crippen LogP contribution in [0.15, 0.2) is 24.5 Å². The van der Waals surface area contributed by atoms with Gasteiger partial charge in [-0.15, -0.1) is 0 Å². The molecule has 2 aromatic heterocycles. The molecule has 5 rings (SSSR count). The number of ether oxygens (including phenoxy) is 4. The maximum atomic E-state index is 15.3. The number of anilines is 3. The summed E-state index contributed by atoms with van der Waals surface area (Å²) in [5, 5.41) is 6.87. The number of aromatic nitrogens is 2. The summed E-state index contributed by atoms with van der Waals surface area (Å²) in [6, 6.07) is 3.27. The lowest BCUT2D eigenvalue weighted by Gasteiger charge is -2.22. The van der Waals surface area contributed by atoms with Gasteiger partial charge in [0.05, 0.1) is 18.9 Å². The van der Waals surface area contributed by atoms with Crippen molar-refractivity contribution in [2.45, 2.75) is 19.1 Å². The molecule has 11 heteroatoms. The number of nitrogen functional groups attached to an aromatic ring is 1. The Hall–Kier alpha value is -3.70. The summed E-state index contributed by atoms with van der Waals surface area (Å²) >= 11 is 0. The van der Waals surface area contributed by atoms with Crippen LogP contribution in [-0.4, -0.2) is 61.7 Å². The topological polar surface area (TPSA) is 130 Å². The van der Waals surface area contributed by atoms with Gasteiger partial charge in [-0.2, -0.15) is 0 Å². The highest BCUT2D eigenvalue weighted by atomic mass is 19.1. The van der Waals surface area contributed by atoms with Gasteiger partial charge in [0.15, 0.2) is 11.9 Å². The SMILES string of the molecule is CO[C@H]1COC[C@H]1OC(=O)Nc1cc2cc(-c3cnc4c(c3C)NCCO4)c(F)c(N)c2cn1. The van der Waals surface area contributed by atoms with Gasteiger partial charge in [0.25, 0.3) is 0 Å². The quantitative estimate of drug-likeness (QED) is 0.494. The summed E-state index contributed by atoms with van der Waals surface area (Å²) in [5.74, 6) is 0.153. The number of carbonyl (C=O) groups is 1. The molecule has 2 aliphatic heterocycles. The summed E-state index contributed by atoms with van der Waals surface area (Å²) in [6.07, 6.45) is 1.45. The molecule has 0 radical (unpaired) electrons. The number of nitrogens with one attached hydrogen (secondary N) is 2. The zero-order valence-corrected chi connectivity index (χ0v) is 18.7. The molecule has 1 aromatic carbocycles. The minimum atomic E-state index is -0.694. The standard InChI is InChI=1S/C23H24FN5O5/c1-11-14(7-28-22-21(11)26-3-4-33-22)13-5-12-6-18(27-8-15(12)20(25)19(13)24)29-23(30)34-17-10-32-9-16(17)31-2/h5-8,16-17,26H,3-4,9-10,25H2,1-2H3,(H,27,29,30)/t16-,17+/m0/s1. The van der Waals surface area contributed by atoms with Crippen LogP contribution in [0, 0.1) is 12.7 Å². The van der Waals surface area contributed by atoms with E-state index in [4.69, 9.17) is 24.7 Å². The van der Waals surface area contributed by atoms with Gasteiger partial charge >= 0.3 is 6.09 Å². The summed E-state index contributed by atoms with van der Waals surface area (Å²) in [5.41, 5.74) is 8.48. The van der Waals surface area contributed by atoms with Gasteiger partial charge in [-0.3, -0.25) is 5.32 Å². The number of rotatable bonds is 4. The second kappa shape index (κ2) is 8.92. The number of nitrogens with zero attached hydrogens (tertiary/aromatic N) is 2. The first-order valence-electron chi connectivity index (χ1n) is 10.8. The predicted octanol–water partition coefficient (Wildman–Crippen LogP) is 3.09. The van der Waals surface area contributed by atoms with E-state index in [0.29, 0.717) is 42.0 Å². The van der Waals surface area contributed by atoms with Crippen molar-refractivity contribution >= 4 is 34.1 Å². The minimum Gasteiger partial charge on any atom is -0.474 e. The van der Waals surface area contributed by atoms with Crippen LogP contribution in [0.4, 0.5) is 26.4 Å². The van der Waals surface area contributed by atoms with Gasteiger partial charge in [0.1, 0.15) is 24.2 Å². The van der Waals surface area contributed by atoms with E-state index in [1.54, 1.807) is 18.3 Å². The lowest BCUT2D eigenvalue weighted by Crippen LogP contribution is -2.33. The molecule has 1 saturated heterocycles. The number of halogens is 1. The van der Waals surface area contributed by atoms with E-state index in [0.717, 1.165) is 11.3 Å². The maximum Gasteiger partial charge on any atom is 0.413 e. The summed E-state index contributed by atoms with van der Waals surface area (Å²) in [7, 11) is 1.53. The highest BCUT2D eigenvalue weighted by Crippen LogP contribution is 2.39.